The molecule has 0 aliphatic carbocycles. The average molecular weight is 307 g/mol. The van der Waals surface area contributed by atoms with Gasteiger partial charge >= 0.3 is 0 Å². The van der Waals surface area contributed by atoms with Crippen molar-refractivity contribution in [2.24, 2.45) is 0 Å². The van der Waals surface area contributed by atoms with Gasteiger partial charge in [-0.15, -0.1) is 0 Å². The third kappa shape index (κ3) is 5.00. The fourth-order valence-corrected chi connectivity index (χ4v) is 2.58. The van der Waals surface area contributed by atoms with Crippen LogP contribution >= 0.6 is 0 Å². The van der Waals surface area contributed by atoms with Crippen molar-refractivity contribution in [3.05, 3.63) is 54.6 Å². The van der Waals surface area contributed by atoms with Crippen LogP contribution < -0.4 is 14.2 Å². The first-order chi connectivity index (χ1) is 10.1. The van der Waals surface area contributed by atoms with Crippen molar-refractivity contribution < 1.29 is 17.9 Å². The number of benzene rings is 2. The van der Waals surface area contributed by atoms with Crippen molar-refractivity contribution in [1.82, 2.24) is 0 Å². The van der Waals surface area contributed by atoms with E-state index in [1.54, 1.807) is 43.5 Å². The summed E-state index contributed by atoms with van der Waals surface area (Å²) in [7, 11) is -1.88. The monoisotopic (exact) mass is 307 g/mol. The number of hydrogen-bond donors (Lipinski definition) is 1. The van der Waals surface area contributed by atoms with Crippen LogP contribution in [0.15, 0.2) is 54.6 Å². The van der Waals surface area contributed by atoms with Crippen LogP contribution in [0, 0.1) is 0 Å². The summed E-state index contributed by atoms with van der Waals surface area (Å²) in [6.45, 7) is 0.0928. The van der Waals surface area contributed by atoms with Gasteiger partial charge in [0.2, 0.25) is 10.0 Å². The second-order valence-corrected chi connectivity index (χ2v) is 6.15. The number of sulfonamides is 1. The molecule has 0 atom stereocenters. The van der Waals surface area contributed by atoms with Gasteiger partial charge in [-0.2, -0.15) is 0 Å². The molecule has 0 saturated heterocycles. The Labute approximate surface area is 124 Å². The summed E-state index contributed by atoms with van der Waals surface area (Å²) in [5.74, 6) is 1.20. The highest BCUT2D eigenvalue weighted by atomic mass is 32.2. The summed E-state index contributed by atoms with van der Waals surface area (Å²) in [5, 5.41) is 0. The fraction of sp³-hybridized carbons (Fsp3) is 0.200. The number of rotatable bonds is 7. The molecule has 0 amide bonds. The van der Waals surface area contributed by atoms with Gasteiger partial charge in [0.05, 0.1) is 7.11 Å². The largest absolute Gasteiger partial charge is 0.497 e. The Morgan fingerprint density at radius 3 is 2.24 bits per heavy atom. The Bertz CT molecular complexity index is 654. The lowest BCUT2D eigenvalue weighted by molar-refractivity contribution is 0.341. The Kier molecular flexibility index (Phi) is 5.05. The second kappa shape index (κ2) is 6.99. The third-order valence-corrected chi connectivity index (χ3v) is 3.98. The number of para-hydroxylation sites is 1. The minimum absolute atomic E-state index is 0.0928. The van der Waals surface area contributed by atoms with Crippen molar-refractivity contribution in [1.29, 1.82) is 0 Å². The van der Waals surface area contributed by atoms with Gasteiger partial charge in [0.15, 0.2) is 0 Å². The molecule has 0 aliphatic heterocycles. The quantitative estimate of drug-likeness (QED) is 0.853. The van der Waals surface area contributed by atoms with E-state index in [0.717, 1.165) is 0 Å². The van der Waals surface area contributed by atoms with Crippen molar-refractivity contribution in [3.8, 4) is 11.5 Å². The second-order valence-electron chi connectivity index (χ2n) is 4.31. The molecule has 21 heavy (non-hydrogen) atoms. The number of hydrogen-bond acceptors (Lipinski definition) is 4. The van der Waals surface area contributed by atoms with E-state index in [-0.39, 0.29) is 12.4 Å². The molecule has 6 heteroatoms. The predicted octanol–water partition coefficient (Wildman–Crippen LogP) is 2.52. The van der Waals surface area contributed by atoms with Crippen molar-refractivity contribution in [3.63, 3.8) is 0 Å². The van der Waals surface area contributed by atoms with Crippen molar-refractivity contribution in [2.45, 2.75) is 0 Å². The molecule has 5 nitrogen and oxygen atoms in total. The molecule has 1 N–H and O–H groups in total. The van der Waals surface area contributed by atoms with Crippen LogP contribution in [0.25, 0.3) is 0 Å². The molecule has 0 bridgehead atoms. The molecule has 0 aliphatic rings. The minimum Gasteiger partial charge on any atom is -0.497 e. The molecular formula is C15H17NO4S. The van der Waals surface area contributed by atoms with E-state index in [1.165, 1.54) is 0 Å². The average Bonchev–Trinajstić information content (AvgIpc) is 2.48. The zero-order valence-corrected chi connectivity index (χ0v) is 12.5. The standard InChI is InChI=1S/C15H17NO4S/c1-19-14-9-7-13(8-10-14)16-21(17,18)12-11-20-15-5-3-2-4-6-15/h2-10,16H,11-12H2,1H3. The summed E-state index contributed by atoms with van der Waals surface area (Å²) >= 11 is 0. The van der Waals surface area contributed by atoms with Gasteiger partial charge < -0.3 is 9.47 Å². The normalized spacial score (nSPS) is 10.9. The molecule has 2 rings (SSSR count). The van der Waals surface area contributed by atoms with Crippen LogP contribution in [0.4, 0.5) is 5.69 Å². The molecule has 0 unspecified atom stereocenters. The van der Waals surface area contributed by atoms with Crippen LogP contribution in [-0.2, 0) is 10.0 Å². The van der Waals surface area contributed by atoms with Crippen LogP contribution in [0.1, 0.15) is 0 Å². The molecule has 0 saturated carbocycles. The maximum absolute atomic E-state index is 11.9. The lowest BCUT2D eigenvalue weighted by Gasteiger charge is -2.09. The molecule has 2 aromatic rings. The van der Waals surface area contributed by atoms with Gasteiger partial charge in [0.1, 0.15) is 23.9 Å². The molecule has 2 aromatic carbocycles. The molecule has 0 fully saturated rings. The van der Waals surface area contributed by atoms with Crippen LogP contribution in [0.3, 0.4) is 0 Å². The van der Waals surface area contributed by atoms with Gasteiger partial charge in [-0.3, -0.25) is 4.72 Å². The van der Waals surface area contributed by atoms with Crippen LogP contribution in [-0.4, -0.2) is 27.9 Å². The van der Waals surface area contributed by atoms with Crippen LogP contribution in [0.5, 0.6) is 11.5 Å². The number of nitrogens with one attached hydrogen (secondary N) is 1. The first kappa shape index (κ1) is 15.2. The SMILES string of the molecule is COc1ccc(NS(=O)(=O)CCOc2ccccc2)cc1. The van der Waals surface area contributed by atoms with E-state index in [9.17, 15) is 8.42 Å². The zero-order valence-electron chi connectivity index (χ0n) is 11.7. The lowest BCUT2D eigenvalue weighted by Crippen LogP contribution is -2.21. The molecule has 0 aromatic heterocycles. The molecule has 0 heterocycles. The fourth-order valence-electron chi connectivity index (χ4n) is 1.68. The van der Waals surface area contributed by atoms with E-state index in [4.69, 9.17) is 9.47 Å². The Hall–Kier alpha value is -2.21. The van der Waals surface area contributed by atoms with Gasteiger partial charge in [-0.05, 0) is 36.4 Å². The number of anilines is 1. The first-order valence-corrected chi connectivity index (χ1v) is 8.07. The van der Waals surface area contributed by atoms with Gasteiger partial charge in [0, 0.05) is 5.69 Å². The Balaban J connectivity index is 1.86. The summed E-state index contributed by atoms with van der Waals surface area (Å²) in [6, 6.07) is 15.8. The van der Waals surface area contributed by atoms with E-state index < -0.39 is 10.0 Å². The summed E-state index contributed by atoms with van der Waals surface area (Å²) in [4.78, 5) is 0. The Morgan fingerprint density at radius 1 is 0.952 bits per heavy atom. The predicted molar refractivity (Wildman–Crippen MR) is 82.3 cm³/mol. The first-order valence-electron chi connectivity index (χ1n) is 6.41. The Morgan fingerprint density at radius 2 is 1.62 bits per heavy atom. The lowest BCUT2D eigenvalue weighted by atomic mass is 10.3. The van der Waals surface area contributed by atoms with Crippen molar-refractivity contribution in [2.75, 3.05) is 24.2 Å². The van der Waals surface area contributed by atoms with E-state index in [0.29, 0.717) is 17.2 Å². The summed E-state index contributed by atoms with van der Waals surface area (Å²) in [5.41, 5.74) is 0.496. The van der Waals surface area contributed by atoms with Crippen molar-refractivity contribution >= 4 is 15.7 Å². The highest BCUT2D eigenvalue weighted by Gasteiger charge is 2.10. The van der Waals surface area contributed by atoms with Gasteiger partial charge in [0.25, 0.3) is 0 Å². The topological polar surface area (TPSA) is 64.6 Å². The molecule has 0 radical (unpaired) electrons. The zero-order chi connectivity index (χ0) is 15.1. The maximum Gasteiger partial charge on any atom is 0.236 e. The molecule has 112 valence electrons. The van der Waals surface area contributed by atoms with Gasteiger partial charge in [-0.25, -0.2) is 8.42 Å². The van der Waals surface area contributed by atoms with E-state index >= 15 is 0 Å². The highest BCUT2D eigenvalue weighted by molar-refractivity contribution is 7.92. The molecule has 0 spiro atoms. The molecular weight excluding hydrogens is 290 g/mol. The van der Waals surface area contributed by atoms with E-state index in [2.05, 4.69) is 4.72 Å². The third-order valence-electron chi connectivity index (χ3n) is 2.73. The summed E-state index contributed by atoms with van der Waals surface area (Å²) < 4.78 is 36.7. The van der Waals surface area contributed by atoms with E-state index in [1.807, 2.05) is 18.2 Å². The smallest absolute Gasteiger partial charge is 0.236 e. The maximum atomic E-state index is 11.9. The minimum atomic E-state index is -3.44. The highest BCUT2D eigenvalue weighted by Crippen LogP contribution is 2.16. The number of ether oxygens (including phenoxy) is 2. The van der Waals surface area contributed by atoms with Crippen LogP contribution in [0.2, 0.25) is 0 Å². The number of methoxy groups -OCH3 is 1. The van der Waals surface area contributed by atoms with Gasteiger partial charge in [-0.1, -0.05) is 18.2 Å². The summed E-state index contributed by atoms with van der Waals surface area (Å²) in [6.07, 6.45) is 0.